The van der Waals surface area contributed by atoms with Crippen molar-refractivity contribution in [2.75, 3.05) is 27.2 Å². The lowest BCUT2D eigenvalue weighted by atomic mass is 9.96. The molecule has 0 saturated heterocycles. The van der Waals surface area contributed by atoms with Gasteiger partial charge in [-0.05, 0) is 27.1 Å². The van der Waals surface area contributed by atoms with Gasteiger partial charge in [-0.25, -0.2) is 17.6 Å². The van der Waals surface area contributed by atoms with Gasteiger partial charge in [0.1, 0.15) is 5.92 Å². The van der Waals surface area contributed by atoms with E-state index in [0.717, 1.165) is 0 Å². The monoisotopic (exact) mass is 321 g/mol. The molecule has 0 heterocycles. The fourth-order valence-electron chi connectivity index (χ4n) is 1.81. The third-order valence-corrected chi connectivity index (χ3v) is 2.80. The van der Waals surface area contributed by atoms with E-state index in [-0.39, 0.29) is 19.2 Å². The summed E-state index contributed by atoms with van der Waals surface area (Å²) in [6.07, 6.45) is 0. The van der Waals surface area contributed by atoms with Crippen LogP contribution in [0.2, 0.25) is 0 Å². The number of esters is 1. The van der Waals surface area contributed by atoms with Crippen LogP contribution in [0.3, 0.4) is 0 Å². The van der Waals surface area contributed by atoms with Gasteiger partial charge in [0.15, 0.2) is 29.1 Å². The Morgan fingerprint density at radius 2 is 1.73 bits per heavy atom. The van der Waals surface area contributed by atoms with Crippen LogP contribution in [0.25, 0.3) is 0 Å². The molecular weight excluding hydrogens is 306 g/mol. The van der Waals surface area contributed by atoms with E-state index >= 15 is 0 Å². The van der Waals surface area contributed by atoms with Gasteiger partial charge < -0.3 is 9.64 Å². The second-order valence-electron chi connectivity index (χ2n) is 4.78. The quantitative estimate of drug-likeness (QED) is 0.201. The van der Waals surface area contributed by atoms with Crippen molar-refractivity contribution in [2.45, 2.75) is 6.92 Å². The maximum absolute atomic E-state index is 13.7. The summed E-state index contributed by atoms with van der Waals surface area (Å²) in [6.45, 7) is 1.33. The molecule has 1 aromatic rings. The van der Waals surface area contributed by atoms with E-state index in [9.17, 15) is 27.2 Å². The largest absolute Gasteiger partial charge is 0.465 e. The molecule has 0 aliphatic rings. The highest BCUT2D eigenvalue weighted by molar-refractivity contribution is 6.09. The third kappa shape index (κ3) is 3.82. The van der Waals surface area contributed by atoms with Crippen molar-refractivity contribution in [3.05, 3.63) is 34.9 Å². The number of benzene rings is 1. The highest BCUT2D eigenvalue weighted by atomic mass is 19.2. The first-order valence-electron chi connectivity index (χ1n) is 6.39. The number of carbonyl (C=O) groups is 2. The van der Waals surface area contributed by atoms with Gasteiger partial charge in [0.05, 0.1) is 12.2 Å². The SMILES string of the molecule is CCOC(=O)C(CN(C)C)C(=O)c1cc(F)c(F)c(F)c1F. The smallest absolute Gasteiger partial charge is 0.318 e. The van der Waals surface area contributed by atoms with Crippen LogP contribution in [-0.4, -0.2) is 43.9 Å². The minimum Gasteiger partial charge on any atom is -0.465 e. The molecule has 1 unspecified atom stereocenters. The van der Waals surface area contributed by atoms with Crippen molar-refractivity contribution in [3.63, 3.8) is 0 Å². The van der Waals surface area contributed by atoms with E-state index in [4.69, 9.17) is 4.74 Å². The Hall–Kier alpha value is -1.96. The van der Waals surface area contributed by atoms with Gasteiger partial charge in [0, 0.05) is 6.54 Å². The zero-order valence-electron chi connectivity index (χ0n) is 12.3. The fraction of sp³-hybridized carbons (Fsp3) is 0.429. The van der Waals surface area contributed by atoms with Crippen LogP contribution in [-0.2, 0) is 9.53 Å². The highest BCUT2D eigenvalue weighted by Crippen LogP contribution is 2.22. The molecule has 122 valence electrons. The van der Waals surface area contributed by atoms with Gasteiger partial charge in [-0.1, -0.05) is 0 Å². The van der Waals surface area contributed by atoms with E-state index in [0.29, 0.717) is 0 Å². The van der Waals surface area contributed by atoms with Crippen LogP contribution >= 0.6 is 0 Å². The topological polar surface area (TPSA) is 46.6 Å². The molecule has 0 radical (unpaired) electrons. The molecule has 4 nitrogen and oxygen atoms in total. The standard InChI is InChI=1S/C14H15F4NO3/c1-4-22-14(21)8(6-19(2)3)13(20)7-5-9(15)11(17)12(18)10(7)16/h5,8H,4,6H2,1-3H3. The Bertz CT molecular complexity index is 590. The average molecular weight is 321 g/mol. The Labute approximate surface area is 124 Å². The predicted molar refractivity (Wildman–Crippen MR) is 69.3 cm³/mol. The number of ketones is 1. The number of nitrogens with zero attached hydrogens (tertiary/aromatic N) is 1. The summed E-state index contributed by atoms with van der Waals surface area (Å²) in [4.78, 5) is 25.4. The average Bonchev–Trinajstić information content (AvgIpc) is 2.45. The lowest BCUT2D eigenvalue weighted by Crippen LogP contribution is -2.36. The van der Waals surface area contributed by atoms with Crippen LogP contribution < -0.4 is 0 Å². The van der Waals surface area contributed by atoms with Gasteiger partial charge in [0.2, 0.25) is 0 Å². The second kappa shape index (κ2) is 7.35. The van der Waals surface area contributed by atoms with Crippen LogP contribution in [0.4, 0.5) is 17.6 Å². The minimum atomic E-state index is -2.10. The highest BCUT2D eigenvalue weighted by Gasteiger charge is 2.33. The number of hydrogen-bond acceptors (Lipinski definition) is 4. The second-order valence-corrected chi connectivity index (χ2v) is 4.78. The first-order chi connectivity index (χ1) is 10.2. The van der Waals surface area contributed by atoms with Crippen molar-refractivity contribution in [1.29, 1.82) is 0 Å². The molecule has 0 aromatic heterocycles. The van der Waals surface area contributed by atoms with Crippen LogP contribution in [0.15, 0.2) is 6.07 Å². The molecule has 0 spiro atoms. The molecule has 8 heteroatoms. The number of hydrogen-bond donors (Lipinski definition) is 0. The Balaban J connectivity index is 3.27. The molecule has 0 N–H and O–H groups in total. The summed E-state index contributed by atoms with van der Waals surface area (Å²) in [5.41, 5.74) is -1.03. The van der Waals surface area contributed by atoms with Crippen molar-refractivity contribution < 1.29 is 31.9 Å². The summed E-state index contributed by atoms with van der Waals surface area (Å²) in [7, 11) is 3.09. The summed E-state index contributed by atoms with van der Waals surface area (Å²) < 4.78 is 57.7. The summed E-state index contributed by atoms with van der Waals surface area (Å²) in [5.74, 6) is -11.3. The summed E-state index contributed by atoms with van der Waals surface area (Å²) in [5, 5.41) is 0. The maximum atomic E-state index is 13.7. The molecule has 0 bridgehead atoms. The molecule has 22 heavy (non-hydrogen) atoms. The predicted octanol–water partition coefficient (Wildman–Crippen LogP) is 2.17. The minimum absolute atomic E-state index is 0.0232. The molecule has 1 atom stereocenters. The third-order valence-electron chi connectivity index (χ3n) is 2.80. The van der Waals surface area contributed by atoms with Crippen molar-refractivity contribution >= 4 is 11.8 Å². The van der Waals surface area contributed by atoms with Crippen LogP contribution in [0.1, 0.15) is 17.3 Å². The molecular formula is C14H15F4NO3. The normalized spacial score (nSPS) is 12.4. The van der Waals surface area contributed by atoms with Gasteiger partial charge in [-0.2, -0.15) is 0 Å². The molecule has 1 rings (SSSR count). The van der Waals surface area contributed by atoms with Gasteiger partial charge in [0.25, 0.3) is 0 Å². The summed E-state index contributed by atoms with van der Waals surface area (Å²) in [6, 6.07) is 0.234. The number of carbonyl (C=O) groups excluding carboxylic acids is 2. The van der Waals surface area contributed by atoms with E-state index in [1.807, 2.05) is 0 Å². The van der Waals surface area contributed by atoms with Crippen LogP contribution in [0, 0.1) is 29.2 Å². The van der Waals surface area contributed by atoms with E-state index in [1.54, 1.807) is 14.1 Å². The molecule has 0 aliphatic heterocycles. The van der Waals surface area contributed by atoms with E-state index < -0.39 is 46.5 Å². The number of halogens is 4. The summed E-state index contributed by atoms with van der Waals surface area (Å²) >= 11 is 0. The van der Waals surface area contributed by atoms with E-state index in [2.05, 4.69) is 0 Å². The van der Waals surface area contributed by atoms with Gasteiger partial charge >= 0.3 is 5.97 Å². The molecule has 0 fully saturated rings. The van der Waals surface area contributed by atoms with Gasteiger partial charge in [-0.3, -0.25) is 9.59 Å². The Morgan fingerprint density at radius 1 is 1.14 bits per heavy atom. The molecule has 0 amide bonds. The number of ether oxygens (including phenoxy) is 1. The van der Waals surface area contributed by atoms with Crippen molar-refractivity contribution in [1.82, 2.24) is 4.90 Å². The fourth-order valence-corrected chi connectivity index (χ4v) is 1.81. The number of Topliss-reactive ketones (excluding diaryl/α,β-unsaturated/α-hetero) is 1. The van der Waals surface area contributed by atoms with Gasteiger partial charge in [-0.15, -0.1) is 0 Å². The maximum Gasteiger partial charge on any atom is 0.318 e. The van der Waals surface area contributed by atoms with Crippen LogP contribution in [0.5, 0.6) is 0 Å². The Morgan fingerprint density at radius 3 is 2.23 bits per heavy atom. The molecule has 0 aliphatic carbocycles. The molecule has 0 saturated carbocycles. The Kier molecular flexibility index (Phi) is 6.04. The van der Waals surface area contributed by atoms with E-state index in [1.165, 1.54) is 11.8 Å². The first kappa shape index (κ1) is 18.1. The zero-order chi connectivity index (χ0) is 17.0. The molecule has 1 aromatic carbocycles. The van der Waals surface area contributed by atoms with Crippen molar-refractivity contribution in [2.24, 2.45) is 5.92 Å². The number of rotatable bonds is 6. The van der Waals surface area contributed by atoms with Crippen molar-refractivity contribution in [3.8, 4) is 0 Å². The lowest BCUT2D eigenvalue weighted by Gasteiger charge is -2.19. The zero-order valence-corrected chi connectivity index (χ0v) is 12.3. The lowest BCUT2D eigenvalue weighted by molar-refractivity contribution is -0.146. The first-order valence-corrected chi connectivity index (χ1v) is 6.39.